The Labute approximate surface area is 404 Å². The number of hydrogen-bond acceptors (Lipinski definition) is 3. The van der Waals surface area contributed by atoms with Crippen LogP contribution in [0.2, 0.25) is 0 Å². The molecule has 0 bridgehead atoms. The van der Waals surface area contributed by atoms with Crippen LogP contribution in [-0.2, 0) is 5.41 Å². The van der Waals surface area contributed by atoms with E-state index in [1.54, 1.807) is 0 Å². The molecule has 11 aromatic carbocycles. The minimum Gasteiger partial charge on any atom is -0.455 e. The van der Waals surface area contributed by atoms with Crippen LogP contribution in [0.4, 0.5) is 17.1 Å². The van der Waals surface area contributed by atoms with Crippen LogP contribution >= 0.6 is 0 Å². The van der Waals surface area contributed by atoms with Crippen molar-refractivity contribution in [2.45, 2.75) is 5.41 Å². The van der Waals surface area contributed by atoms with E-state index in [0.717, 1.165) is 83.2 Å². The molecule has 0 atom stereocenters. The Balaban J connectivity index is 0.840. The molecule has 1 spiro atoms. The van der Waals surface area contributed by atoms with E-state index in [1.165, 1.54) is 55.6 Å². The smallest absolute Gasteiger partial charge is 0.143 e. The Hall–Kier alpha value is -9.18. The van der Waals surface area contributed by atoms with Crippen molar-refractivity contribution in [1.29, 1.82) is 0 Å². The highest BCUT2D eigenvalue weighted by molar-refractivity contribution is 6.11. The predicted octanol–water partition coefficient (Wildman–Crippen LogP) is 18.3. The second-order valence-corrected chi connectivity index (χ2v) is 18.7. The van der Waals surface area contributed by atoms with Gasteiger partial charge in [0.2, 0.25) is 0 Å². The third kappa shape index (κ3) is 5.52. The summed E-state index contributed by atoms with van der Waals surface area (Å²) in [5, 5.41) is 4.50. The van der Waals surface area contributed by atoms with Crippen LogP contribution in [0, 0.1) is 0 Å². The van der Waals surface area contributed by atoms with Crippen molar-refractivity contribution in [3.05, 3.63) is 271 Å². The summed E-state index contributed by atoms with van der Waals surface area (Å²) >= 11 is 0. The first kappa shape index (κ1) is 38.9. The van der Waals surface area contributed by atoms with E-state index in [1.807, 2.05) is 24.3 Å². The molecule has 0 amide bonds. The van der Waals surface area contributed by atoms with E-state index in [9.17, 15) is 0 Å². The van der Waals surface area contributed by atoms with Gasteiger partial charge in [0.1, 0.15) is 22.3 Å². The number of benzene rings is 11. The van der Waals surface area contributed by atoms with Gasteiger partial charge in [-0.1, -0.05) is 194 Å². The molecular formula is C67H41NO2. The number of furan rings is 2. The lowest BCUT2D eigenvalue weighted by molar-refractivity contribution is 0.669. The Morgan fingerprint density at radius 1 is 0.257 bits per heavy atom. The zero-order valence-electron chi connectivity index (χ0n) is 37.9. The summed E-state index contributed by atoms with van der Waals surface area (Å²) in [6.45, 7) is 0. The highest BCUT2D eigenvalue weighted by Crippen LogP contribution is 2.63. The first-order valence-electron chi connectivity index (χ1n) is 24.1. The summed E-state index contributed by atoms with van der Waals surface area (Å²) in [4.78, 5) is 2.35. The van der Waals surface area contributed by atoms with Crippen molar-refractivity contribution in [1.82, 2.24) is 0 Å². The molecule has 0 N–H and O–H groups in total. The second kappa shape index (κ2) is 14.9. The summed E-state index contributed by atoms with van der Waals surface area (Å²) in [7, 11) is 0. The minimum absolute atomic E-state index is 0.393. The lowest BCUT2D eigenvalue weighted by Gasteiger charge is -2.30. The van der Waals surface area contributed by atoms with Gasteiger partial charge in [0.25, 0.3) is 0 Å². The Morgan fingerprint density at radius 3 is 1.09 bits per heavy atom. The summed E-state index contributed by atoms with van der Waals surface area (Å²) in [6.07, 6.45) is 0. The van der Waals surface area contributed by atoms with Crippen LogP contribution in [0.5, 0.6) is 0 Å². The van der Waals surface area contributed by atoms with Crippen LogP contribution in [0.25, 0.3) is 99.5 Å². The molecule has 0 unspecified atom stereocenters. The molecule has 0 radical (unpaired) electrons. The fourth-order valence-electron chi connectivity index (χ4n) is 12.1. The fourth-order valence-corrected chi connectivity index (χ4v) is 12.1. The van der Waals surface area contributed by atoms with Gasteiger partial charge < -0.3 is 13.7 Å². The van der Waals surface area contributed by atoms with Gasteiger partial charge in [-0.25, -0.2) is 0 Å². The molecular weight excluding hydrogens is 851 g/mol. The first-order valence-corrected chi connectivity index (χ1v) is 24.1. The van der Waals surface area contributed by atoms with E-state index >= 15 is 0 Å². The maximum atomic E-state index is 6.48. The van der Waals surface area contributed by atoms with Crippen molar-refractivity contribution in [2.75, 3.05) is 4.90 Å². The second-order valence-electron chi connectivity index (χ2n) is 18.7. The van der Waals surface area contributed by atoms with E-state index < -0.39 is 5.41 Å². The molecule has 0 saturated carbocycles. The highest BCUT2D eigenvalue weighted by atomic mass is 16.3. The van der Waals surface area contributed by atoms with E-state index in [4.69, 9.17) is 8.83 Å². The maximum absolute atomic E-state index is 6.48. The SMILES string of the molecule is c1ccc2c(c1)-c1ccccc1C21c2ccccc2-c2ccc(-c3ccc(N(c4ccc(-c5cccc6c5oc5ccccc56)cc4)c4ccc(-c5cccc6c5oc5ccccc56)cc4)cc3)cc21. The number of rotatable bonds is 6. The maximum Gasteiger partial charge on any atom is 0.143 e. The molecule has 3 heteroatoms. The van der Waals surface area contributed by atoms with Crippen molar-refractivity contribution >= 4 is 60.9 Å². The van der Waals surface area contributed by atoms with Crippen LogP contribution in [-0.4, -0.2) is 0 Å². The number of anilines is 3. The lowest BCUT2D eigenvalue weighted by Crippen LogP contribution is -2.25. The third-order valence-electron chi connectivity index (χ3n) is 15.1. The van der Waals surface area contributed by atoms with Gasteiger partial charge in [0.15, 0.2) is 0 Å². The van der Waals surface area contributed by atoms with E-state index in [0.29, 0.717) is 0 Å². The van der Waals surface area contributed by atoms with E-state index in [2.05, 4.69) is 229 Å². The zero-order valence-corrected chi connectivity index (χ0v) is 37.9. The van der Waals surface area contributed by atoms with Gasteiger partial charge >= 0.3 is 0 Å². The number of nitrogens with zero attached hydrogens (tertiary/aromatic N) is 1. The molecule has 0 fully saturated rings. The highest BCUT2D eigenvalue weighted by Gasteiger charge is 2.51. The number of fused-ring (bicyclic) bond motifs is 16. The molecule has 2 aromatic heterocycles. The van der Waals surface area contributed by atoms with Crippen molar-refractivity contribution in [3.63, 3.8) is 0 Å². The predicted molar refractivity (Wildman–Crippen MR) is 288 cm³/mol. The Morgan fingerprint density at radius 2 is 0.614 bits per heavy atom. The monoisotopic (exact) mass is 891 g/mol. The fraction of sp³-hybridized carbons (Fsp3) is 0.0149. The first-order chi connectivity index (χ1) is 34.7. The summed E-state index contributed by atoms with van der Waals surface area (Å²) < 4.78 is 13.0. The van der Waals surface area contributed by atoms with Crippen LogP contribution in [0.3, 0.4) is 0 Å². The van der Waals surface area contributed by atoms with Crippen molar-refractivity contribution < 1.29 is 8.83 Å². The van der Waals surface area contributed by atoms with Crippen molar-refractivity contribution in [3.8, 4) is 55.6 Å². The van der Waals surface area contributed by atoms with Gasteiger partial charge in [-0.15, -0.1) is 0 Å². The van der Waals surface area contributed by atoms with Gasteiger partial charge in [0.05, 0.1) is 5.41 Å². The molecule has 3 nitrogen and oxygen atoms in total. The van der Waals surface area contributed by atoms with Crippen molar-refractivity contribution in [2.24, 2.45) is 0 Å². The summed E-state index contributed by atoms with van der Waals surface area (Å²) in [5.74, 6) is 0. The molecule has 2 heterocycles. The largest absolute Gasteiger partial charge is 0.455 e. The Kier molecular flexibility index (Phi) is 8.28. The molecule has 70 heavy (non-hydrogen) atoms. The van der Waals surface area contributed by atoms with Gasteiger partial charge in [-0.3, -0.25) is 0 Å². The lowest BCUT2D eigenvalue weighted by atomic mass is 9.70. The molecule has 326 valence electrons. The standard InChI is InChI=1S/C67H41NO2/c1-6-22-59-51(13-1)52-14-2-7-23-60(52)67(59)61-24-8-3-15-53(61)54-40-33-45(41-62(54)67)42-27-34-46(35-28-42)68(47-36-29-43(30-37-47)49-18-11-20-57-55-16-4-9-25-63(55)69-65(49)57)48-38-31-44(32-39-48)50-19-12-21-58-56-17-5-10-26-64(56)70-66(50)58/h1-41H. The molecule has 2 aliphatic rings. The summed E-state index contributed by atoms with van der Waals surface area (Å²) in [6, 6.07) is 90.4. The molecule has 0 saturated heterocycles. The third-order valence-corrected chi connectivity index (χ3v) is 15.1. The zero-order chi connectivity index (χ0) is 45.9. The molecule has 13 aromatic rings. The molecule has 0 aliphatic heterocycles. The quantitative estimate of drug-likeness (QED) is 0.167. The molecule has 2 aliphatic carbocycles. The van der Waals surface area contributed by atoms with Crippen LogP contribution in [0.15, 0.2) is 258 Å². The van der Waals surface area contributed by atoms with Crippen LogP contribution < -0.4 is 4.90 Å². The average Bonchev–Trinajstić information content (AvgIpc) is 4.17. The normalized spacial score (nSPS) is 13.0. The average molecular weight is 892 g/mol. The minimum atomic E-state index is -0.393. The number of para-hydroxylation sites is 4. The Bertz CT molecular complexity index is 4010. The van der Waals surface area contributed by atoms with Gasteiger partial charge in [0, 0.05) is 49.7 Å². The van der Waals surface area contributed by atoms with Gasteiger partial charge in [-0.05, 0) is 121 Å². The number of hydrogen-bond donors (Lipinski definition) is 0. The topological polar surface area (TPSA) is 29.5 Å². The van der Waals surface area contributed by atoms with Gasteiger partial charge in [-0.2, -0.15) is 0 Å². The molecule has 15 rings (SSSR count). The van der Waals surface area contributed by atoms with E-state index in [-0.39, 0.29) is 0 Å². The summed E-state index contributed by atoms with van der Waals surface area (Å²) in [5.41, 5.74) is 23.7. The van der Waals surface area contributed by atoms with Crippen LogP contribution in [0.1, 0.15) is 22.3 Å².